The molecule has 0 spiro atoms. The van der Waals surface area contributed by atoms with Gasteiger partial charge in [0.1, 0.15) is 22.2 Å². The summed E-state index contributed by atoms with van der Waals surface area (Å²) < 4.78 is 51.6. The largest absolute Gasteiger partial charge is 0.497 e. The third kappa shape index (κ3) is 4.41. The first kappa shape index (κ1) is 20.9. The summed E-state index contributed by atoms with van der Waals surface area (Å²) in [5.74, 6) is 0.644. The molecule has 0 N–H and O–H groups in total. The zero-order chi connectivity index (χ0) is 20.3. The Bertz CT molecular complexity index is 947. The van der Waals surface area contributed by atoms with Gasteiger partial charge in [-0.3, -0.25) is 4.90 Å². The van der Waals surface area contributed by atoms with Crippen molar-refractivity contribution in [2.24, 2.45) is 0 Å². The number of hydrogen-bond donors (Lipinski definition) is 0. The topological polar surface area (TPSA) is 59.1 Å². The highest BCUT2D eigenvalue weighted by atomic mass is 35.5. The lowest BCUT2D eigenvalue weighted by molar-refractivity contribution is 0.179. The second kappa shape index (κ2) is 8.65. The maximum atomic E-state index is 14.1. The Balaban J connectivity index is 1.69. The van der Waals surface area contributed by atoms with Gasteiger partial charge in [-0.05, 0) is 36.4 Å². The number of nitrogens with zero attached hydrogens (tertiary/aromatic N) is 2. The lowest BCUT2D eigenvalue weighted by Gasteiger charge is -2.34. The molecular weight excluding hydrogens is 407 g/mol. The first-order valence-electron chi connectivity index (χ1n) is 8.73. The standard InChI is InChI=1S/C19H22ClFN2O4S/c1-26-16-4-5-18(27-2)14(11-16)13-22-7-9-23(10-8-22)28(24,25)19-6-3-15(20)12-17(19)21/h3-6,11-12H,7-10,13H2,1-2H3. The minimum atomic E-state index is -3.90. The molecule has 0 radical (unpaired) electrons. The monoisotopic (exact) mass is 428 g/mol. The highest BCUT2D eigenvalue weighted by Gasteiger charge is 2.30. The van der Waals surface area contributed by atoms with Crippen LogP contribution in [0.3, 0.4) is 0 Å². The van der Waals surface area contributed by atoms with Crippen LogP contribution in [0.1, 0.15) is 5.56 Å². The van der Waals surface area contributed by atoms with E-state index < -0.39 is 15.8 Å². The van der Waals surface area contributed by atoms with Crippen molar-refractivity contribution in [3.63, 3.8) is 0 Å². The normalized spacial score (nSPS) is 16.1. The van der Waals surface area contributed by atoms with Crippen LogP contribution < -0.4 is 9.47 Å². The van der Waals surface area contributed by atoms with Gasteiger partial charge in [0, 0.05) is 43.3 Å². The van der Waals surface area contributed by atoms with Gasteiger partial charge in [-0.2, -0.15) is 4.31 Å². The van der Waals surface area contributed by atoms with Gasteiger partial charge in [-0.25, -0.2) is 12.8 Å². The molecule has 1 aliphatic heterocycles. The summed E-state index contributed by atoms with van der Waals surface area (Å²) in [5, 5.41) is 0.161. The van der Waals surface area contributed by atoms with E-state index in [1.807, 2.05) is 18.2 Å². The first-order valence-corrected chi connectivity index (χ1v) is 10.6. The molecule has 3 rings (SSSR count). The number of halogens is 2. The Hall–Kier alpha value is -1.87. The third-order valence-electron chi connectivity index (χ3n) is 4.72. The molecule has 9 heteroatoms. The van der Waals surface area contributed by atoms with E-state index in [0.29, 0.717) is 19.6 Å². The molecule has 0 bridgehead atoms. The highest BCUT2D eigenvalue weighted by Crippen LogP contribution is 2.27. The Kier molecular flexibility index (Phi) is 6.44. The molecular formula is C19H22ClFN2O4S. The van der Waals surface area contributed by atoms with Crippen LogP contribution in [0, 0.1) is 5.82 Å². The summed E-state index contributed by atoms with van der Waals surface area (Å²) in [6.07, 6.45) is 0. The van der Waals surface area contributed by atoms with Gasteiger partial charge in [0.15, 0.2) is 0 Å². The summed E-state index contributed by atoms with van der Waals surface area (Å²) in [6.45, 7) is 2.19. The van der Waals surface area contributed by atoms with E-state index in [1.54, 1.807) is 14.2 Å². The van der Waals surface area contributed by atoms with Crippen LogP contribution >= 0.6 is 11.6 Å². The fourth-order valence-electron chi connectivity index (χ4n) is 3.20. The minimum absolute atomic E-state index is 0.161. The van der Waals surface area contributed by atoms with E-state index in [2.05, 4.69) is 4.90 Å². The summed E-state index contributed by atoms with van der Waals surface area (Å²) in [6, 6.07) is 9.18. The van der Waals surface area contributed by atoms with Crippen LogP contribution in [0.4, 0.5) is 4.39 Å². The highest BCUT2D eigenvalue weighted by molar-refractivity contribution is 7.89. The molecule has 0 aliphatic carbocycles. The number of ether oxygens (including phenoxy) is 2. The third-order valence-corrected chi connectivity index (χ3v) is 6.89. The number of sulfonamides is 1. The average Bonchev–Trinajstić information content (AvgIpc) is 2.68. The van der Waals surface area contributed by atoms with Gasteiger partial charge in [-0.1, -0.05) is 11.6 Å². The second-order valence-corrected chi connectivity index (χ2v) is 8.78. The van der Waals surface area contributed by atoms with Gasteiger partial charge >= 0.3 is 0 Å². The molecule has 0 amide bonds. The van der Waals surface area contributed by atoms with Crippen molar-refractivity contribution in [1.29, 1.82) is 0 Å². The van der Waals surface area contributed by atoms with Gasteiger partial charge in [0.25, 0.3) is 0 Å². The lowest BCUT2D eigenvalue weighted by Crippen LogP contribution is -2.48. The maximum absolute atomic E-state index is 14.1. The molecule has 2 aromatic rings. The Morgan fingerprint density at radius 2 is 1.75 bits per heavy atom. The van der Waals surface area contributed by atoms with Crippen molar-refractivity contribution in [1.82, 2.24) is 9.21 Å². The number of benzene rings is 2. The van der Waals surface area contributed by atoms with Crippen molar-refractivity contribution in [2.75, 3.05) is 40.4 Å². The fraction of sp³-hybridized carbons (Fsp3) is 0.368. The molecule has 1 aliphatic rings. The number of methoxy groups -OCH3 is 2. The molecule has 0 atom stereocenters. The Morgan fingerprint density at radius 1 is 1.04 bits per heavy atom. The fourth-order valence-corrected chi connectivity index (χ4v) is 4.82. The maximum Gasteiger partial charge on any atom is 0.246 e. The molecule has 28 heavy (non-hydrogen) atoms. The zero-order valence-corrected chi connectivity index (χ0v) is 17.3. The van der Waals surface area contributed by atoms with Crippen LogP contribution in [0.5, 0.6) is 11.5 Å². The molecule has 1 heterocycles. The molecule has 0 saturated carbocycles. The van der Waals surface area contributed by atoms with Crippen molar-refractivity contribution in [3.8, 4) is 11.5 Å². The molecule has 6 nitrogen and oxygen atoms in total. The van der Waals surface area contributed by atoms with Crippen LogP contribution in [-0.2, 0) is 16.6 Å². The van der Waals surface area contributed by atoms with Crippen LogP contribution in [0.15, 0.2) is 41.3 Å². The molecule has 1 fully saturated rings. The van der Waals surface area contributed by atoms with Gasteiger partial charge in [0.2, 0.25) is 10.0 Å². The van der Waals surface area contributed by atoms with Gasteiger partial charge in [-0.15, -0.1) is 0 Å². The van der Waals surface area contributed by atoms with E-state index >= 15 is 0 Å². The Morgan fingerprint density at radius 3 is 2.36 bits per heavy atom. The molecule has 0 aromatic heterocycles. The first-order chi connectivity index (χ1) is 13.3. The van der Waals surface area contributed by atoms with E-state index in [0.717, 1.165) is 23.1 Å². The lowest BCUT2D eigenvalue weighted by atomic mass is 10.1. The van der Waals surface area contributed by atoms with E-state index in [-0.39, 0.29) is 23.0 Å². The second-order valence-electron chi connectivity index (χ2n) is 6.43. The van der Waals surface area contributed by atoms with Gasteiger partial charge in [0.05, 0.1) is 14.2 Å². The zero-order valence-electron chi connectivity index (χ0n) is 15.7. The van der Waals surface area contributed by atoms with Crippen molar-refractivity contribution < 1.29 is 22.3 Å². The molecule has 2 aromatic carbocycles. The quantitative estimate of drug-likeness (QED) is 0.707. The number of piperazine rings is 1. The summed E-state index contributed by atoms with van der Waals surface area (Å²) in [7, 11) is -0.691. The van der Waals surface area contributed by atoms with Crippen molar-refractivity contribution >= 4 is 21.6 Å². The van der Waals surface area contributed by atoms with E-state index in [9.17, 15) is 12.8 Å². The van der Waals surface area contributed by atoms with E-state index in [4.69, 9.17) is 21.1 Å². The molecule has 1 saturated heterocycles. The Labute approximate surface area is 169 Å². The van der Waals surface area contributed by atoms with Crippen LogP contribution in [-0.4, -0.2) is 58.0 Å². The smallest absolute Gasteiger partial charge is 0.246 e. The van der Waals surface area contributed by atoms with Gasteiger partial charge < -0.3 is 9.47 Å². The van der Waals surface area contributed by atoms with Crippen LogP contribution in [0.25, 0.3) is 0 Å². The summed E-state index contributed by atoms with van der Waals surface area (Å²) >= 11 is 5.72. The molecule has 152 valence electrons. The SMILES string of the molecule is COc1ccc(OC)c(CN2CCN(S(=O)(=O)c3ccc(Cl)cc3F)CC2)c1. The number of rotatable bonds is 6. The predicted molar refractivity (Wildman–Crippen MR) is 105 cm³/mol. The average molecular weight is 429 g/mol. The van der Waals surface area contributed by atoms with Crippen molar-refractivity contribution in [2.45, 2.75) is 11.4 Å². The minimum Gasteiger partial charge on any atom is -0.497 e. The number of hydrogen-bond acceptors (Lipinski definition) is 5. The van der Waals surface area contributed by atoms with Crippen LogP contribution in [0.2, 0.25) is 5.02 Å². The summed E-state index contributed by atoms with van der Waals surface area (Å²) in [4.78, 5) is 1.78. The summed E-state index contributed by atoms with van der Waals surface area (Å²) in [5.41, 5.74) is 0.960. The predicted octanol–water partition coefficient (Wildman–Crippen LogP) is 3.00. The van der Waals surface area contributed by atoms with Crippen molar-refractivity contribution in [3.05, 3.63) is 52.8 Å². The molecule has 0 unspecified atom stereocenters. The van der Waals surface area contributed by atoms with E-state index in [1.165, 1.54) is 16.4 Å².